The van der Waals surface area contributed by atoms with Crippen LogP contribution in [0.4, 0.5) is 5.69 Å². The lowest BCUT2D eigenvalue weighted by Crippen LogP contribution is -2.37. The maximum absolute atomic E-state index is 6.44. The maximum Gasteiger partial charge on any atom is 0.0654 e. The van der Waals surface area contributed by atoms with Gasteiger partial charge in [0.25, 0.3) is 0 Å². The topological polar surface area (TPSA) is 6.48 Å². The Labute approximate surface area is 227 Å². The van der Waals surface area contributed by atoms with Crippen LogP contribution in [0, 0.1) is 3.57 Å². The van der Waals surface area contributed by atoms with Crippen LogP contribution >= 0.6 is 57.4 Å². The van der Waals surface area contributed by atoms with Gasteiger partial charge in [-0.3, -0.25) is 0 Å². The van der Waals surface area contributed by atoms with Crippen molar-refractivity contribution in [2.24, 2.45) is 0 Å². The second-order valence-electron chi connectivity index (χ2n) is 8.68. The lowest BCUT2D eigenvalue weighted by Gasteiger charge is -2.31. The maximum atomic E-state index is 6.44. The zero-order valence-electron chi connectivity index (χ0n) is 19.2. The highest BCUT2D eigenvalue weighted by molar-refractivity contribution is 14.1. The van der Waals surface area contributed by atoms with Gasteiger partial charge >= 0.3 is 0 Å². The number of rotatable bonds is 10. The molecule has 33 heavy (non-hydrogen) atoms. The van der Waals surface area contributed by atoms with E-state index in [-0.39, 0.29) is 0 Å². The van der Waals surface area contributed by atoms with Crippen LogP contribution in [-0.4, -0.2) is 38.1 Å². The van der Waals surface area contributed by atoms with Gasteiger partial charge in [0.1, 0.15) is 0 Å². The minimum Gasteiger partial charge on any atom is -0.372 e. The van der Waals surface area contributed by atoms with Crippen molar-refractivity contribution in [1.29, 1.82) is 0 Å². The Hall–Kier alpha value is -0.980. The highest BCUT2D eigenvalue weighted by atomic mass is 127. The van der Waals surface area contributed by atoms with Crippen LogP contribution in [0.25, 0.3) is 0 Å². The SMILES string of the molecule is C[C@@H](CN(CCN(C)c1ccc(Cl)cc1Cl)C[C@H](C)c1ccc(I)cc1)c1ccc(Cl)cc1. The third-order valence-corrected chi connectivity index (χ3v) is 7.52. The Morgan fingerprint density at radius 1 is 0.727 bits per heavy atom. The lowest BCUT2D eigenvalue weighted by atomic mass is 9.98. The number of halogens is 4. The van der Waals surface area contributed by atoms with Crippen molar-refractivity contribution in [3.63, 3.8) is 0 Å². The van der Waals surface area contributed by atoms with Gasteiger partial charge in [0.2, 0.25) is 0 Å². The van der Waals surface area contributed by atoms with Crippen LogP contribution in [0.1, 0.15) is 36.8 Å². The van der Waals surface area contributed by atoms with Crippen LogP contribution in [0.15, 0.2) is 66.7 Å². The van der Waals surface area contributed by atoms with Crippen LogP contribution in [0.3, 0.4) is 0 Å². The second-order valence-corrected chi connectivity index (χ2v) is 11.2. The molecule has 0 aliphatic rings. The molecule has 3 rings (SSSR count). The van der Waals surface area contributed by atoms with Crippen LogP contribution < -0.4 is 4.90 Å². The first kappa shape index (κ1) is 26.6. The molecule has 3 aromatic rings. The van der Waals surface area contributed by atoms with Gasteiger partial charge < -0.3 is 9.80 Å². The standard InChI is InChI=1S/C27H30Cl3IN2/c1-19(21-4-8-23(28)9-5-21)17-33(18-20(2)22-6-11-25(31)12-7-22)15-14-32(3)27-13-10-24(29)16-26(27)30/h4-13,16,19-20H,14-15,17-18H2,1-3H3/t19-,20-/m0/s1. The summed E-state index contributed by atoms with van der Waals surface area (Å²) in [5.41, 5.74) is 3.67. The Balaban J connectivity index is 1.71. The van der Waals surface area contributed by atoms with Crippen LogP contribution in [0.5, 0.6) is 0 Å². The quantitative estimate of drug-likeness (QED) is 0.211. The number of hydrogen-bond donors (Lipinski definition) is 0. The molecule has 0 bridgehead atoms. The molecule has 0 saturated carbocycles. The lowest BCUT2D eigenvalue weighted by molar-refractivity contribution is 0.254. The summed E-state index contributed by atoms with van der Waals surface area (Å²) in [6, 6.07) is 22.7. The third-order valence-electron chi connectivity index (χ3n) is 6.01. The zero-order chi connectivity index (χ0) is 24.0. The molecule has 6 heteroatoms. The third kappa shape index (κ3) is 8.03. The van der Waals surface area contributed by atoms with E-state index in [1.54, 1.807) is 6.07 Å². The first-order chi connectivity index (χ1) is 15.7. The van der Waals surface area contributed by atoms with Gasteiger partial charge in [0.15, 0.2) is 0 Å². The Morgan fingerprint density at radius 2 is 1.24 bits per heavy atom. The largest absolute Gasteiger partial charge is 0.372 e. The summed E-state index contributed by atoms with van der Waals surface area (Å²) in [5, 5.41) is 2.11. The fraction of sp³-hybridized carbons (Fsp3) is 0.333. The summed E-state index contributed by atoms with van der Waals surface area (Å²) in [6.07, 6.45) is 0. The molecule has 2 atom stereocenters. The molecule has 3 aromatic carbocycles. The molecule has 0 unspecified atom stereocenters. The van der Waals surface area contributed by atoms with Gasteiger partial charge in [0.05, 0.1) is 10.7 Å². The fourth-order valence-corrected chi connectivity index (χ4v) is 5.07. The molecule has 0 aliphatic heterocycles. The summed E-state index contributed by atoms with van der Waals surface area (Å²) in [5.74, 6) is 0.833. The van der Waals surface area contributed by atoms with E-state index in [0.717, 1.165) is 36.9 Å². The highest BCUT2D eigenvalue weighted by Gasteiger charge is 2.17. The summed E-state index contributed by atoms with van der Waals surface area (Å²) in [4.78, 5) is 4.76. The average molecular weight is 616 g/mol. The molecular weight excluding hydrogens is 586 g/mol. The van der Waals surface area contributed by atoms with Crippen molar-refractivity contribution in [1.82, 2.24) is 4.90 Å². The number of likely N-dealkylation sites (N-methyl/N-ethyl adjacent to an activating group) is 1. The molecule has 0 aromatic heterocycles. The normalized spacial score (nSPS) is 13.2. The summed E-state index contributed by atoms with van der Waals surface area (Å²) >= 11 is 21.0. The first-order valence-electron chi connectivity index (χ1n) is 11.1. The molecular formula is C27H30Cl3IN2. The molecule has 0 spiro atoms. The zero-order valence-corrected chi connectivity index (χ0v) is 23.7. The molecule has 0 amide bonds. The second kappa shape index (κ2) is 12.6. The smallest absolute Gasteiger partial charge is 0.0654 e. The van der Waals surface area contributed by atoms with Crippen LogP contribution in [-0.2, 0) is 0 Å². The van der Waals surface area contributed by atoms with Gasteiger partial charge in [-0.1, -0.05) is 72.9 Å². The van der Waals surface area contributed by atoms with Gasteiger partial charge in [0, 0.05) is 46.8 Å². The molecule has 0 N–H and O–H groups in total. The first-order valence-corrected chi connectivity index (χ1v) is 13.3. The molecule has 0 aliphatic carbocycles. The molecule has 0 saturated heterocycles. The van der Waals surface area contributed by atoms with Gasteiger partial charge in [-0.15, -0.1) is 0 Å². The Bertz CT molecular complexity index is 971. The predicted molar refractivity (Wildman–Crippen MR) is 154 cm³/mol. The van der Waals surface area contributed by atoms with E-state index in [1.807, 2.05) is 24.3 Å². The van der Waals surface area contributed by atoms with E-state index in [1.165, 1.54) is 14.7 Å². The van der Waals surface area contributed by atoms with Gasteiger partial charge in [-0.2, -0.15) is 0 Å². The van der Waals surface area contributed by atoms with Crippen molar-refractivity contribution in [3.05, 3.63) is 96.5 Å². The van der Waals surface area contributed by atoms with Gasteiger partial charge in [-0.05, 0) is 88.0 Å². The predicted octanol–water partition coefficient (Wildman–Crippen LogP) is 8.60. The molecule has 0 fully saturated rings. The number of nitrogens with zero attached hydrogens (tertiary/aromatic N) is 2. The Kier molecular flexibility index (Phi) is 10.2. The van der Waals surface area contributed by atoms with Crippen molar-refractivity contribution in [2.45, 2.75) is 25.7 Å². The van der Waals surface area contributed by atoms with E-state index < -0.39 is 0 Å². The minimum atomic E-state index is 0.399. The van der Waals surface area contributed by atoms with Crippen molar-refractivity contribution in [2.75, 3.05) is 38.1 Å². The molecule has 0 radical (unpaired) electrons. The number of hydrogen-bond acceptors (Lipinski definition) is 2. The van der Waals surface area contributed by atoms with Crippen molar-refractivity contribution in [3.8, 4) is 0 Å². The van der Waals surface area contributed by atoms with E-state index in [4.69, 9.17) is 34.8 Å². The number of benzene rings is 3. The monoisotopic (exact) mass is 614 g/mol. The minimum absolute atomic E-state index is 0.399. The summed E-state index contributed by atoms with van der Waals surface area (Å²) in [6.45, 7) is 8.35. The number of anilines is 1. The molecule has 2 nitrogen and oxygen atoms in total. The van der Waals surface area contributed by atoms with Crippen molar-refractivity contribution >= 4 is 63.1 Å². The van der Waals surface area contributed by atoms with E-state index in [9.17, 15) is 0 Å². The van der Waals surface area contributed by atoms with Crippen LogP contribution in [0.2, 0.25) is 15.1 Å². The van der Waals surface area contributed by atoms with E-state index in [2.05, 4.69) is 89.7 Å². The van der Waals surface area contributed by atoms with Crippen molar-refractivity contribution < 1.29 is 0 Å². The van der Waals surface area contributed by atoms with E-state index >= 15 is 0 Å². The highest BCUT2D eigenvalue weighted by Crippen LogP contribution is 2.28. The fourth-order valence-electron chi connectivity index (χ4n) is 4.03. The Morgan fingerprint density at radius 3 is 1.79 bits per heavy atom. The van der Waals surface area contributed by atoms with Gasteiger partial charge in [-0.25, -0.2) is 0 Å². The van der Waals surface area contributed by atoms with E-state index in [0.29, 0.717) is 21.9 Å². The molecule has 176 valence electrons. The summed E-state index contributed by atoms with van der Waals surface area (Å²) in [7, 11) is 2.08. The average Bonchev–Trinajstić information content (AvgIpc) is 2.78. The summed E-state index contributed by atoms with van der Waals surface area (Å²) < 4.78 is 1.26. The molecule has 0 heterocycles.